The van der Waals surface area contributed by atoms with Crippen molar-refractivity contribution >= 4 is 45.9 Å². The first kappa shape index (κ1) is 14.8. The molecular weight excluding hydrogens is 323 g/mol. The lowest BCUT2D eigenvalue weighted by molar-refractivity contribution is 0.944. The van der Waals surface area contributed by atoms with Gasteiger partial charge in [0.2, 0.25) is 0 Å². The van der Waals surface area contributed by atoms with Gasteiger partial charge in [0, 0.05) is 31.9 Å². The molecule has 0 radical (unpaired) electrons. The van der Waals surface area contributed by atoms with Gasteiger partial charge in [-0.2, -0.15) is 0 Å². The summed E-state index contributed by atoms with van der Waals surface area (Å²) in [5, 5.41) is 2.52. The van der Waals surface area contributed by atoms with E-state index in [1.165, 1.54) is 5.56 Å². The van der Waals surface area contributed by atoms with Gasteiger partial charge in [0.15, 0.2) is 0 Å². The van der Waals surface area contributed by atoms with Gasteiger partial charge in [0.05, 0.1) is 5.02 Å². The molecule has 3 aromatic rings. The highest BCUT2D eigenvalue weighted by atomic mass is 35.5. The second-order valence-electron chi connectivity index (χ2n) is 4.71. The average Bonchev–Trinajstić information content (AvgIpc) is 2.87. The van der Waals surface area contributed by atoms with Crippen LogP contribution in [-0.2, 0) is 6.42 Å². The maximum Gasteiger partial charge on any atom is 0.0511 e. The van der Waals surface area contributed by atoms with E-state index in [0.29, 0.717) is 6.54 Å². The Morgan fingerprint density at radius 3 is 2.76 bits per heavy atom. The molecular formula is C16H14Cl2N2S. The monoisotopic (exact) mass is 336 g/mol. The Balaban J connectivity index is 2.04. The van der Waals surface area contributed by atoms with Gasteiger partial charge in [-0.1, -0.05) is 47.1 Å². The highest BCUT2D eigenvalue weighted by Crippen LogP contribution is 2.39. The number of H-pyrrole nitrogens is 1. The van der Waals surface area contributed by atoms with Gasteiger partial charge in [0.25, 0.3) is 0 Å². The highest BCUT2D eigenvalue weighted by Gasteiger charge is 2.11. The van der Waals surface area contributed by atoms with E-state index in [4.69, 9.17) is 28.9 Å². The first-order chi connectivity index (χ1) is 10.2. The van der Waals surface area contributed by atoms with Gasteiger partial charge in [-0.25, -0.2) is 0 Å². The first-order valence-corrected chi connectivity index (χ1v) is 8.18. The molecule has 0 aliphatic heterocycles. The molecule has 0 unspecified atom stereocenters. The van der Waals surface area contributed by atoms with E-state index in [-0.39, 0.29) is 0 Å². The number of nitrogens with one attached hydrogen (secondary N) is 1. The standard InChI is InChI=1S/C16H14Cl2N2S/c17-11-5-4-10(6-7-19)14(8-11)21-15-9-20-13-3-1-2-12(18)16(13)15/h1-5,8-9,20H,6-7,19H2. The lowest BCUT2D eigenvalue weighted by Gasteiger charge is -2.09. The number of hydrogen-bond acceptors (Lipinski definition) is 2. The van der Waals surface area contributed by atoms with E-state index >= 15 is 0 Å². The first-order valence-electron chi connectivity index (χ1n) is 6.61. The normalized spacial score (nSPS) is 11.2. The Bertz CT molecular complexity index is 783. The molecule has 1 heterocycles. The van der Waals surface area contributed by atoms with Crippen molar-refractivity contribution in [2.45, 2.75) is 16.2 Å². The average molecular weight is 337 g/mol. The van der Waals surface area contributed by atoms with E-state index in [1.54, 1.807) is 11.8 Å². The van der Waals surface area contributed by atoms with Crippen LogP contribution in [0.1, 0.15) is 5.56 Å². The van der Waals surface area contributed by atoms with E-state index in [0.717, 1.165) is 37.2 Å². The van der Waals surface area contributed by atoms with Crippen LogP contribution in [0.25, 0.3) is 10.9 Å². The number of nitrogens with two attached hydrogens (primary N) is 1. The molecule has 0 saturated carbocycles. The number of aromatic nitrogens is 1. The van der Waals surface area contributed by atoms with Gasteiger partial charge in [-0.15, -0.1) is 0 Å². The van der Waals surface area contributed by atoms with Crippen LogP contribution in [0.15, 0.2) is 52.4 Å². The van der Waals surface area contributed by atoms with Gasteiger partial charge >= 0.3 is 0 Å². The summed E-state index contributed by atoms with van der Waals surface area (Å²) in [7, 11) is 0. The summed E-state index contributed by atoms with van der Waals surface area (Å²) in [5.41, 5.74) is 7.92. The summed E-state index contributed by atoms with van der Waals surface area (Å²) < 4.78 is 0. The number of aromatic amines is 1. The van der Waals surface area contributed by atoms with Crippen LogP contribution in [0.5, 0.6) is 0 Å². The molecule has 1 aromatic heterocycles. The smallest absolute Gasteiger partial charge is 0.0511 e. The summed E-state index contributed by atoms with van der Waals surface area (Å²) in [5.74, 6) is 0. The Kier molecular flexibility index (Phi) is 4.45. The summed E-state index contributed by atoms with van der Waals surface area (Å²) in [6.07, 6.45) is 2.81. The molecule has 0 aliphatic rings. The molecule has 2 nitrogen and oxygen atoms in total. The number of benzene rings is 2. The number of halogens is 2. The van der Waals surface area contributed by atoms with Gasteiger partial charge in [0.1, 0.15) is 0 Å². The second-order valence-corrected chi connectivity index (χ2v) is 6.64. The Labute approximate surface area is 137 Å². The molecule has 0 saturated heterocycles. The van der Waals surface area contributed by atoms with Crippen molar-refractivity contribution in [3.8, 4) is 0 Å². The van der Waals surface area contributed by atoms with E-state index in [9.17, 15) is 0 Å². The van der Waals surface area contributed by atoms with Crippen LogP contribution >= 0.6 is 35.0 Å². The molecule has 21 heavy (non-hydrogen) atoms. The molecule has 5 heteroatoms. The molecule has 0 atom stereocenters. The fourth-order valence-corrected chi connectivity index (χ4v) is 4.03. The zero-order valence-electron chi connectivity index (χ0n) is 11.2. The van der Waals surface area contributed by atoms with Crippen molar-refractivity contribution in [2.75, 3.05) is 6.54 Å². The molecule has 2 aromatic carbocycles. The zero-order valence-corrected chi connectivity index (χ0v) is 13.5. The fourth-order valence-electron chi connectivity index (χ4n) is 2.29. The lowest BCUT2D eigenvalue weighted by atomic mass is 10.1. The van der Waals surface area contributed by atoms with Crippen LogP contribution < -0.4 is 5.73 Å². The lowest BCUT2D eigenvalue weighted by Crippen LogP contribution is -2.03. The van der Waals surface area contributed by atoms with E-state index < -0.39 is 0 Å². The van der Waals surface area contributed by atoms with Gasteiger partial charge in [-0.05, 0) is 42.8 Å². The summed E-state index contributed by atoms with van der Waals surface area (Å²) in [6, 6.07) is 11.8. The van der Waals surface area contributed by atoms with E-state index in [1.807, 2.05) is 42.6 Å². The number of hydrogen-bond donors (Lipinski definition) is 2. The molecule has 0 fully saturated rings. The number of fused-ring (bicyclic) bond motifs is 1. The predicted molar refractivity (Wildman–Crippen MR) is 91.6 cm³/mol. The third-order valence-electron chi connectivity index (χ3n) is 3.28. The quantitative estimate of drug-likeness (QED) is 0.693. The predicted octanol–water partition coefficient (Wildman–Crippen LogP) is 5.13. The van der Waals surface area contributed by atoms with Gasteiger partial charge in [-0.3, -0.25) is 0 Å². The molecule has 0 aliphatic carbocycles. The zero-order chi connectivity index (χ0) is 14.8. The van der Waals surface area contributed by atoms with Crippen LogP contribution in [0.4, 0.5) is 0 Å². The molecule has 0 amide bonds. The fraction of sp³-hybridized carbons (Fsp3) is 0.125. The van der Waals surface area contributed by atoms with Crippen molar-refractivity contribution in [3.63, 3.8) is 0 Å². The van der Waals surface area contributed by atoms with Crippen molar-refractivity contribution in [3.05, 3.63) is 58.2 Å². The molecule has 3 N–H and O–H groups in total. The molecule has 3 rings (SSSR count). The minimum atomic E-state index is 0.615. The summed E-state index contributed by atoms with van der Waals surface area (Å²) in [4.78, 5) is 5.47. The van der Waals surface area contributed by atoms with Crippen molar-refractivity contribution in [1.82, 2.24) is 4.98 Å². The third-order valence-corrected chi connectivity index (χ3v) is 4.97. The molecule has 0 spiro atoms. The highest BCUT2D eigenvalue weighted by molar-refractivity contribution is 7.99. The van der Waals surface area contributed by atoms with E-state index in [2.05, 4.69) is 4.98 Å². The molecule has 108 valence electrons. The van der Waals surface area contributed by atoms with Crippen LogP contribution in [0.3, 0.4) is 0 Å². The maximum atomic E-state index is 6.32. The summed E-state index contributed by atoms with van der Waals surface area (Å²) >= 11 is 14.1. The summed E-state index contributed by atoms with van der Waals surface area (Å²) in [6.45, 7) is 0.615. The van der Waals surface area contributed by atoms with Crippen molar-refractivity contribution in [2.24, 2.45) is 5.73 Å². The minimum absolute atomic E-state index is 0.615. The van der Waals surface area contributed by atoms with Crippen LogP contribution in [0.2, 0.25) is 10.0 Å². The molecule has 0 bridgehead atoms. The topological polar surface area (TPSA) is 41.8 Å². The van der Waals surface area contributed by atoms with Crippen molar-refractivity contribution in [1.29, 1.82) is 0 Å². The van der Waals surface area contributed by atoms with Crippen molar-refractivity contribution < 1.29 is 0 Å². The Morgan fingerprint density at radius 2 is 1.95 bits per heavy atom. The van der Waals surface area contributed by atoms with Crippen LogP contribution in [-0.4, -0.2) is 11.5 Å². The Hall–Kier alpha value is -1.13. The Morgan fingerprint density at radius 1 is 1.10 bits per heavy atom. The van der Waals surface area contributed by atoms with Gasteiger partial charge < -0.3 is 10.7 Å². The third kappa shape index (κ3) is 3.06. The SMILES string of the molecule is NCCc1ccc(Cl)cc1Sc1c[nH]c2cccc(Cl)c12. The minimum Gasteiger partial charge on any atom is -0.360 e. The van der Waals surface area contributed by atoms with Crippen LogP contribution in [0, 0.1) is 0 Å². The number of rotatable bonds is 4. The maximum absolute atomic E-state index is 6.32. The largest absolute Gasteiger partial charge is 0.360 e. The second kappa shape index (κ2) is 6.32.